The Balaban J connectivity index is 1.51. The van der Waals surface area contributed by atoms with Crippen molar-refractivity contribution in [2.75, 3.05) is 33.9 Å². The van der Waals surface area contributed by atoms with Gasteiger partial charge in [0.25, 0.3) is 5.91 Å². The standard InChI is InChI=1S/C23H30N2O3/c1-27-19-12-13-20(22(16-19)28-2)21-11-7-15-25(21)17-23(26)24-14-6-10-18-8-4-3-5-9-18/h3-5,8-9,12-13,16,21H,6-7,10-11,14-15,17H2,1-2H3,(H,24,26)/p+1/t21-/m0/s1. The van der Waals surface area contributed by atoms with Crippen LogP contribution in [0.3, 0.4) is 0 Å². The molecule has 0 radical (unpaired) electrons. The zero-order chi connectivity index (χ0) is 19.8. The van der Waals surface area contributed by atoms with E-state index in [9.17, 15) is 4.79 Å². The van der Waals surface area contributed by atoms with E-state index in [1.807, 2.05) is 18.2 Å². The van der Waals surface area contributed by atoms with Crippen LogP contribution in [0.25, 0.3) is 0 Å². The van der Waals surface area contributed by atoms with Crippen molar-refractivity contribution in [1.82, 2.24) is 5.32 Å². The van der Waals surface area contributed by atoms with Crippen LogP contribution in [-0.2, 0) is 11.2 Å². The number of ether oxygens (including phenoxy) is 2. The molecule has 0 aromatic heterocycles. The second kappa shape index (κ2) is 10.1. The number of carbonyl (C=O) groups excluding carboxylic acids is 1. The van der Waals surface area contributed by atoms with Gasteiger partial charge in [0.15, 0.2) is 6.54 Å². The molecule has 0 saturated carbocycles. The van der Waals surface area contributed by atoms with Crippen LogP contribution in [0.1, 0.15) is 36.4 Å². The van der Waals surface area contributed by atoms with E-state index in [0.29, 0.717) is 6.54 Å². The molecule has 1 amide bonds. The van der Waals surface area contributed by atoms with Gasteiger partial charge in [-0.15, -0.1) is 0 Å². The number of nitrogens with one attached hydrogen (secondary N) is 2. The van der Waals surface area contributed by atoms with E-state index in [-0.39, 0.29) is 11.9 Å². The second-order valence-electron chi connectivity index (χ2n) is 7.33. The van der Waals surface area contributed by atoms with E-state index in [2.05, 4.69) is 35.6 Å². The summed E-state index contributed by atoms with van der Waals surface area (Å²) in [6.07, 6.45) is 4.14. The fourth-order valence-corrected chi connectivity index (χ4v) is 4.04. The first-order valence-electron chi connectivity index (χ1n) is 10.1. The van der Waals surface area contributed by atoms with E-state index >= 15 is 0 Å². The maximum atomic E-state index is 12.5. The quantitative estimate of drug-likeness (QED) is 0.653. The van der Waals surface area contributed by atoms with Crippen molar-refractivity contribution < 1.29 is 19.2 Å². The average molecular weight is 384 g/mol. The van der Waals surface area contributed by atoms with Gasteiger partial charge < -0.3 is 19.7 Å². The fourth-order valence-electron chi connectivity index (χ4n) is 4.04. The Labute approximate surface area is 167 Å². The summed E-state index contributed by atoms with van der Waals surface area (Å²) in [4.78, 5) is 13.8. The van der Waals surface area contributed by atoms with Crippen LogP contribution in [0.5, 0.6) is 11.5 Å². The molecule has 150 valence electrons. The molecule has 0 bridgehead atoms. The number of hydrogen-bond donors (Lipinski definition) is 2. The van der Waals surface area contributed by atoms with Crippen LogP contribution in [0.2, 0.25) is 0 Å². The lowest BCUT2D eigenvalue weighted by Gasteiger charge is -2.23. The molecule has 0 aliphatic carbocycles. The van der Waals surface area contributed by atoms with Crippen molar-refractivity contribution in [2.45, 2.75) is 31.7 Å². The van der Waals surface area contributed by atoms with Crippen molar-refractivity contribution in [3.63, 3.8) is 0 Å². The molecule has 1 fully saturated rings. The number of benzene rings is 2. The molecule has 2 atom stereocenters. The van der Waals surface area contributed by atoms with Gasteiger partial charge in [0, 0.05) is 25.5 Å². The van der Waals surface area contributed by atoms with Gasteiger partial charge >= 0.3 is 0 Å². The van der Waals surface area contributed by atoms with Gasteiger partial charge in [-0.3, -0.25) is 4.79 Å². The number of carbonyl (C=O) groups is 1. The molecule has 1 aliphatic heterocycles. The average Bonchev–Trinajstić information content (AvgIpc) is 3.19. The molecule has 5 heteroatoms. The lowest BCUT2D eigenvalue weighted by atomic mass is 10.0. The van der Waals surface area contributed by atoms with E-state index < -0.39 is 0 Å². The lowest BCUT2D eigenvalue weighted by Crippen LogP contribution is -3.11. The first kappa shape index (κ1) is 20.2. The number of methoxy groups -OCH3 is 2. The van der Waals surface area contributed by atoms with Gasteiger partial charge in [-0.05, 0) is 30.5 Å². The normalized spacial score (nSPS) is 18.6. The van der Waals surface area contributed by atoms with Crippen LogP contribution in [0.4, 0.5) is 0 Å². The highest BCUT2D eigenvalue weighted by atomic mass is 16.5. The summed E-state index contributed by atoms with van der Waals surface area (Å²) in [6.45, 7) is 2.24. The van der Waals surface area contributed by atoms with Crippen LogP contribution in [0, 0.1) is 0 Å². The maximum Gasteiger partial charge on any atom is 0.275 e. The van der Waals surface area contributed by atoms with Gasteiger partial charge in [-0.1, -0.05) is 30.3 Å². The third-order valence-corrected chi connectivity index (χ3v) is 5.49. The molecule has 5 nitrogen and oxygen atoms in total. The van der Waals surface area contributed by atoms with Gasteiger partial charge in [0.2, 0.25) is 0 Å². The van der Waals surface area contributed by atoms with Crippen LogP contribution in [-0.4, -0.2) is 39.8 Å². The predicted octanol–water partition coefficient (Wildman–Crippen LogP) is 2.17. The molecule has 2 aromatic rings. The highest BCUT2D eigenvalue weighted by Crippen LogP contribution is 2.31. The topological polar surface area (TPSA) is 52.0 Å². The summed E-state index contributed by atoms with van der Waals surface area (Å²) >= 11 is 0. The zero-order valence-corrected chi connectivity index (χ0v) is 16.9. The summed E-state index contributed by atoms with van der Waals surface area (Å²) in [6, 6.07) is 16.6. The van der Waals surface area contributed by atoms with E-state index in [1.54, 1.807) is 14.2 Å². The Bertz CT molecular complexity index is 764. The molecule has 1 unspecified atom stereocenters. The van der Waals surface area contributed by atoms with Gasteiger partial charge in [0.05, 0.1) is 26.3 Å². The summed E-state index contributed by atoms with van der Waals surface area (Å²) in [5, 5.41) is 3.09. The Kier molecular flexibility index (Phi) is 7.31. The number of amides is 1. The molecule has 2 aromatic carbocycles. The van der Waals surface area contributed by atoms with Crippen molar-refractivity contribution in [3.05, 3.63) is 59.7 Å². The van der Waals surface area contributed by atoms with Crippen molar-refractivity contribution in [3.8, 4) is 11.5 Å². The minimum atomic E-state index is 0.127. The Morgan fingerprint density at radius 2 is 1.96 bits per heavy atom. The molecular formula is C23H31N2O3+. The summed E-state index contributed by atoms with van der Waals surface area (Å²) in [5.41, 5.74) is 2.47. The first-order chi connectivity index (χ1) is 13.7. The zero-order valence-electron chi connectivity index (χ0n) is 16.9. The first-order valence-corrected chi connectivity index (χ1v) is 10.1. The van der Waals surface area contributed by atoms with Gasteiger partial charge in [-0.25, -0.2) is 0 Å². The van der Waals surface area contributed by atoms with Gasteiger partial charge in [-0.2, -0.15) is 0 Å². The van der Waals surface area contributed by atoms with Crippen LogP contribution >= 0.6 is 0 Å². The highest BCUT2D eigenvalue weighted by Gasteiger charge is 2.33. The summed E-state index contributed by atoms with van der Waals surface area (Å²) in [7, 11) is 3.34. The Morgan fingerprint density at radius 3 is 2.71 bits per heavy atom. The number of aryl methyl sites for hydroxylation is 1. The summed E-state index contributed by atoms with van der Waals surface area (Å²) < 4.78 is 10.9. The third kappa shape index (κ3) is 5.26. The largest absolute Gasteiger partial charge is 0.497 e. The second-order valence-corrected chi connectivity index (χ2v) is 7.33. The fraction of sp³-hybridized carbons (Fsp3) is 0.435. The molecule has 1 heterocycles. The molecule has 1 saturated heterocycles. The van der Waals surface area contributed by atoms with Crippen molar-refractivity contribution >= 4 is 5.91 Å². The Morgan fingerprint density at radius 1 is 1.14 bits per heavy atom. The maximum absolute atomic E-state index is 12.5. The Hall–Kier alpha value is -2.53. The van der Waals surface area contributed by atoms with E-state index in [1.165, 1.54) is 10.5 Å². The monoisotopic (exact) mass is 383 g/mol. The molecular weight excluding hydrogens is 352 g/mol. The van der Waals surface area contributed by atoms with E-state index in [4.69, 9.17) is 9.47 Å². The SMILES string of the molecule is COc1ccc([C@@H]2CCC[NH+]2CC(=O)NCCCc2ccccc2)c(OC)c1. The van der Waals surface area contributed by atoms with Crippen molar-refractivity contribution in [1.29, 1.82) is 0 Å². The van der Waals surface area contributed by atoms with Crippen molar-refractivity contribution in [2.24, 2.45) is 0 Å². The van der Waals surface area contributed by atoms with Crippen LogP contribution in [0.15, 0.2) is 48.5 Å². The molecule has 2 N–H and O–H groups in total. The smallest absolute Gasteiger partial charge is 0.275 e. The van der Waals surface area contributed by atoms with Crippen LogP contribution < -0.4 is 19.7 Å². The lowest BCUT2D eigenvalue weighted by molar-refractivity contribution is -0.910. The number of hydrogen-bond acceptors (Lipinski definition) is 3. The number of likely N-dealkylation sites (tertiary alicyclic amines) is 1. The molecule has 28 heavy (non-hydrogen) atoms. The highest BCUT2D eigenvalue weighted by molar-refractivity contribution is 5.76. The minimum absolute atomic E-state index is 0.127. The molecule has 1 aliphatic rings. The number of quaternary nitrogens is 1. The third-order valence-electron chi connectivity index (χ3n) is 5.49. The molecule has 0 spiro atoms. The summed E-state index contributed by atoms with van der Waals surface area (Å²) in [5.74, 6) is 1.76. The minimum Gasteiger partial charge on any atom is -0.497 e. The van der Waals surface area contributed by atoms with Gasteiger partial charge in [0.1, 0.15) is 17.5 Å². The molecule has 3 rings (SSSR count). The predicted molar refractivity (Wildman–Crippen MR) is 110 cm³/mol. The number of rotatable bonds is 9. The van der Waals surface area contributed by atoms with E-state index in [0.717, 1.165) is 55.8 Å².